The van der Waals surface area contributed by atoms with Crippen LogP contribution in [0.5, 0.6) is 0 Å². The van der Waals surface area contributed by atoms with Crippen LogP contribution in [0.2, 0.25) is 0 Å². The van der Waals surface area contributed by atoms with Gasteiger partial charge < -0.3 is 4.57 Å². The largest absolute Gasteiger partial charge is 0.319 e. The van der Waals surface area contributed by atoms with Gasteiger partial charge in [-0.1, -0.05) is 23.5 Å². The molecule has 1 amide bonds. The molecular weight excluding hydrogens is 382 g/mol. The second-order valence-corrected chi connectivity index (χ2v) is 9.41. The quantitative estimate of drug-likeness (QED) is 0.677. The summed E-state index contributed by atoms with van der Waals surface area (Å²) in [6.45, 7) is 1.11. The Morgan fingerprint density at radius 1 is 1.04 bits per heavy atom. The van der Waals surface area contributed by atoms with Gasteiger partial charge in [0.25, 0.3) is 5.91 Å². The molecule has 0 unspecified atom stereocenters. The molecule has 0 N–H and O–H groups in total. The third-order valence-corrected chi connectivity index (χ3v) is 7.74. The topological polar surface area (TPSA) is 71.7 Å². The number of aromatic nitrogens is 1. The molecule has 140 valence electrons. The number of hydrogen-bond donors (Lipinski definition) is 0. The zero-order chi connectivity index (χ0) is 19.0. The predicted molar refractivity (Wildman–Crippen MR) is 105 cm³/mol. The van der Waals surface area contributed by atoms with Crippen molar-refractivity contribution in [3.63, 3.8) is 0 Å². The molecule has 0 bridgehead atoms. The molecule has 1 saturated heterocycles. The lowest BCUT2D eigenvalue weighted by Gasteiger charge is -2.15. The fourth-order valence-electron chi connectivity index (χ4n) is 3.19. The Bertz CT molecular complexity index is 1170. The van der Waals surface area contributed by atoms with Gasteiger partial charge in [-0.2, -0.15) is 9.30 Å². The average molecular weight is 402 g/mol. The lowest BCUT2D eigenvalue weighted by molar-refractivity contribution is 0.0998. The lowest BCUT2D eigenvalue weighted by Crippen LogP contribution is -2.27. The van der Waals surface area contributed by atoms with Crippen LogP contribution in [0, 0.1) is 0 Å². The zero-order valence-corrected chi connectivity index (χ0v) is 16.5. The van der Waals surface area contributed by atoms with Crippen molar-refractivity contribution in [3.8, 4) is 0 Å². The van der Waals surface area contributed by atoms with Gasteiger partial charge in [0.15, 0.2) is 4.80 Å². The van der Waals surface area contributed by atoms with Gasteiger partial charge in [0.1, 0.15) is 0 Å². The molecule has 0 atom stereocenters. The highest BCUT2D eigenvalue weighted by atomic mass is 32.2. The number of thiazole rings is 1. The van der Waals surface area contributed by atoms with E-state index in [0.717, 1.165) is 23.1 Å². The number of amides is 1. The highest BCUT2D eigenvalue weighted by Gasteiger charge is 2.27. The smallest absolute Gasteiger partial charge is 0.279 e. The Kier molecular flexibility index (Phi) is 4.71. The summed E-state index contributed by atoms with van der Waals surface area (Å²) in [7, 11) is -1.60. The molecule has 1 aromatic heterocycles. The number of para-hydroxylation sites is 1. The van der Waals surface area contributed by atoms with Crippen molar-refractivity contribution in [2.45, 2.75) is 17.7 Å². The monoisotopic (exact) mass is 401 g/mol. The number of aryl methyl sites for hydroxylation is 1. The van der Waals surface area contributed by atoms with Crippen molar-refractivity contribution >= 4 is 37.5 Å². The van der Waals surface area contributed by atoms with Gasteiger partial charge in [0.05, 0.1) is 15.1 Å². The van der Waals surface area contributed by atoms with E-state index in [-0.39, 0.29) is 10.8 Å². The SMILES string of the molecule is Cn1c(=NC(=O)c2ccc(S(=O)(=O)N3CCCC3)cc2)sc2ccccc21. The maximum absolute atomic E-state index is 12.6. The van der Waals surface area contributed by atoms with E-state index < -0.39 is 10.0 Å². The molecule has 4 rings (SSSR count). The van der Waals surface area contributed by atoms with E-state index in [1.54, 1.807) is 0 Å². The number of benzene rings is 2. The van der Waals surface area contributed by atoms with Crippen LogP contribution < -0.4 is 4.80 Å². The number of fused-ring (bicyclic) bond motifs is 1. The number of carbonyl (C=O) groups excluding carboxylic acids is 1. The molecule has 8 heteroatoms. The number of rotatable bonds is 3. The lowest BCUT2D eigenvalue weighted by atomic mass is 10.2. The molecule has 1 aliphatic heterocycles. The first-order valence-corrected chi connectivity index (χ1v) is 11.0. The molecular formula is C19H19N3O3S2. The first-order chi connectivity index (χ1) is 13.0. The first-order valence-electron chi connectivity index (χ1n) is 8.71. The molecule has 0 radical (unpaired) electrons. The van der Waals surface area contributed by atoms with Crippen molar-refractivity contribution in [2.75, 3.05) is 13.1 Å². The Morgan fingerprint density at radius 3 is 2.37 bits per heavy atom. The van der Waals surface area contributed by atoms with Gasteiger partial charge in [0, 0.05) is 25.7 Å². The van der Waals surface area contributed by atoms with Crippen LogP contribution in [-0.4, -0.2) is 36.3 Å². The minimum atomic E-state index is -3.47. The summed E-state index contributed by atoms with van der Waals surface area (Å²) in [5.41, 5.74) is 1.38. The molecule has 1 aliphatic rings. The van der Waals surface area contributed by atoms with Crippen molar-refractivity contribution in [1.29, 1.82) is 0 Å². The molecule has 2 heterocycles. The number of carbonyl (C=O) groups is 1. The van der Waals surface area contributed by atoms with E-state index in [2.05, 4.69) is 4.99 Å². The van der Waals surface area contributed by atoms with Crippen LogP contribution in [0.4, 0.5) is 0 Å². The maximum Gasteiger partial charge on any atom is 0.279 e. The van der Waals surface area contributed by atoms with Crippen LogP contribution in [-0.2, 0) is 17.1 Å². The zero-order valence-electron chi connectivity index (χ0n) is 14.8. The van der Waals surface area contributed by atoms with E-state index in [4.69, 9.17) is 0 Å². The van der Waals surface area contributed by atoms with E-state index in [9.17, 15) is 13.2 Å². The van der Waals surface area contributed by atoms with E-state index in [1.807, 2.05) is 35.9 Å². The van der Waals surface area contributed by atoms with Crippen LogP contribution in [0.3, 0.4) is 0 Å². The fraction of sp³-hybridized carbons (Fsp3) is 0.263. The van der Waals surface area contributed by atoms with E-state index >= 15 is 0 Å². The Labute approximate surface area is 161 Å². The van der Waals surface area contributed by atoms with Gasteiger partial charge in [0.2, 0.25) is 10.0 Å². The molecule has 2 aromatic carbocycles. The summed E-state index contributed by atoms with van der Waals surface area (Å²) < 4.78 is 29.6. The van der Waals surface area contributed by atoms with E-state index in [0.29, 0.717) is 23.5 Å². The van der Waals surface area contributed by atoms with Gasteiger partial charge in [-0.3, -0.25) is 4.79 Å². The van der Waals surface area contributed by atoms with Crippen LogP contribution in [0.15, 0.2) is 58.4 Å². The van der Waals surface area contributed by atoms with Crippen LogP contribution >= 0.6 is 11.3 Å². The third-order valence-electron chi connectivity index (χ3n) is 4.72. The van der Waals surface area contributed by atoms with Gasteiger partial charge in [-0.25, -0.2) is 8.42 Å². The minimum Gasteiger partial charge on any atom is -0.319 e. The Balaban J connectivity index is 1.63. The van der Waals surface area contributed by atoms with Gasteiger partial charge >= 0.3 is 0 Å². The normalized spacial score (nSPS) is 16.3. The molecule has 3 aromatic rings. The van der Waals surface area contributed by atoms with E-state index in [1.165, 1.54) is 39.9 Å². The Hall–Kier alpha value is -2.29. The van der Waals surface area contributed by atoms with Gasteiger partial charge in [-0.15, -0.1) is 0 Å². The van der Waals surface area contributed by atoms with Crippen LogP contribution in [0.1, 0.15) is 23.2 Å². The number of hydrogen-bond acceptors (Lipinski definition) is 4. The van der Waals surface area contributed by atoms with Crippen molar-refractivity contribution in [3.05, 3.63) is 58.9 Å². The minimum absolute atomic E-state index is 0.216. The summed E-state index contributed by atoms with van der Waals surface area (Å²) in [6.07, 6.45) is 1.78. The first kappa shape index (κ1) is 18.1. The number of sulfonamides is 1. The molecule has 1 fully saturated rings. The average Bonchev–Trinajstić information content (AvgIpc) is 3.32. The summed E-state index contributed by atoms with van der Waals surface area (Å²) in [5, 5.41) is 0. The van der Waals surface area contributed by atoms with Gasteiger partial charge in [-0.05, 0) is 49.2 Å². The predicted octanol–water partition coefficient (Wildman–Crippen LogP) is 2.77. The molecule has 0 aliphatic carbocycles. The fourth-order valence-corrected chi connectivity index (χ4v) is 5.72. The summed E-state index contributed by atoms with van der Waals surface area (Å²) in [5.74, 6) is -0.387. The summed E-state index contributed by atoms with van der Waals surface area (Å²) in [6, 6.07) is 13.9. The molecule has 6 nitrogen and oxygen atoms in total. The second kappa shape index (κ2) is 7.03. The third kappa shape index (κ3) is 3.36. The standard InChI is InChI=1S/C19H19N3O3S2/c1-21-16-6-2-3-7-17(16)26-19(21)20-18(23)14-8-10-15(11-9-14)27(24,25)22-12-4-5-13-22/h2-3,6-11H,4-5,12-13H2,1H3. The molecule has 0 spiro atoms. The van der Waals surface area contributed by atoms with Crippen molar-refractivity contribution in [2.24, 2.45) is 12.0 Å². The number of nitrogens with zero attached hydrogens (tertiary/aromatic N) is 3. The second-order valence-electron chi connectivity index (χ2n) is 6.46. The maximum atomic E-state index is 12.6. The Morgan fingerprint density at radius 2 is 1.70 bits per heavy atom. The molecule has 0 saturated carbocycles. The van der Waals surface area contributed by atoms with Crippen molar-refractivity contribution in [1.82, 2.24) is 8.87 Å². The summed E-state index contributed by atoms with van der Waals surface area (Å²) in [4.78, 5) is 17.6. The van der Waals surface area contributed by atoms with Crippen molar-refractivity contribution < 1.29 is 13.2 Å². The summed E-state index contributed by atoms with van der Waals surface area (Å²) >= 11 is 1.44. The molecule has 27 heavy (non-hydrogen) atoms. The van der Waals surface area contributed by atoms with Crippen LogP contribution in [0.25, 0.3) is 10.2 Å². The highest BCUT2D eigenvalue weighted by Crippen LogP contribution is 2.21. The highest BCUT2D eigenvalue weighted by molar-refractivity contribution is 7.89.